The summed E-state index contributed by atoms with van der Waals surface area (Å²) in [4.78, 5) is 102. The summed E-state index contributed by atoms with van der Waals surface area (Å²) in [6.45, 7) is 5.94. The molecular weight excluding hydrogens is 702 g/mol. The average Bonchev–Trinajstić information content (AvgIpc) is 3.59. The van der Waals surface area contributed by atoms with Crippen LogP contribution in [0.3, 0.4) is 0 Å². The maximum atomic E-state index is 13.4. The molecule has 0 saturated heterocycles. The van der Waals surface area contributed by atoms with Crippen molar-refractivity contribution in [2.24, 2.45) is 5.92 Å². The van der Waals surface area contributed by atoms with E-state index in [0.29, 0.717) is 19.3 Å². The third kappa shape index (κ3) is 13.8. The van der Waals surface area contributed by atoms with E-state index in [1.807, 2.05) is 6.92 Å². The first kappa shape index (κ1) is 43.0. The van der Waals surface area contributed by atoms with Gasteiger partial charge in [-0.1, -0.05) is 39.2 Å². The summed E-state index contributed by atoms with van der Waals surface area (Å²) in [7, 11) is 0. The molecule has 2 rings (SSSR count). The first-order valence-corrected chi connectivity index (χ1v) is 16.7. The first-order chi connectivity index (χ1) is 25.1. The van der Waals surface area contributed by atoms with Crippen LogP contribution in [0.5, 0.6) is 5.75 Å². The number of amides is 5. The molecule has 2 aromatic rings. The topological polar surface area (TPSA) is 280 Å². The highest BCUT2D eigenvalue weighted by molar-refractivity contribution is 6.00. The molecule has 7 N–H and O–H groups in total. The second-order valence-corrected chi connectivity index (χ2v) is 12.0. The van der Waals surface area contributed by atoms with Gasteiger partial charge in [-0.3, -0.25) is 24.0 Å². The molecule has 0 spiro atoms. The van der Waals surface area contributed by atoms with E-state index in [-0.39, 0.29) is 47.5 Å². The number of carbonyl (C=O) groups excluding carboxylic acids is 5. The Labute approximate surface area is 304 Å². The van der Waals surface area contributed by atoms with Crippen molar-refractivity contribution in [3.63, 3.8) is 0 Å². The minimum atomic E-state index is -1.79. The van der Waals surface area contributed by atoms with Crippen LogP contribution in [0.1, 0.15) is 87.1 Å². The number of benzene rings is 1. The Morgan fingerprint density at radius 3 is 2.21 bits per heavy atom. The number of nitrogens with one attached hydrogen (secondary N) is 4. The Kier molecular flexibility index (Phi) is 17.3. The van der Waals surface area contributed by atoms with Crippen LogP contribution in [0.25, 0.3) is 11.3 Å². The Morgan fingerprint density at radius 2 is 1.62 bits per heavy atom. The average molecular weight is 748 g/mol. The zero-order valence-corrected chi connectivity index (χ0v) is 29.7. The number of ether oxygens (including phenoxy) is 1. The zero-order valence-electron chi connectivity index (χ0n) is 29.7. The maximum Gasteiger partial charge on any atom is 0.431 e. The van der Waals surface area contributed by atoms with E-state index in [0.717, 1.165) is 17.9 Å². The molecule has 1 heterocycles. The molecule has 5 amide bonds. The lowest BCUT2D eigenvalue weighted by molar-refractivity contribution is -0.169. The minimum Gasteiger partial charge on any atom is -0.481 e. The number of hydrogen-bond donors (Lipinski definition) is 7. The molecule has 0 aliphatic rings. The molecule has 53 heavy (non-hydrogen) atoms. The van der Waals surface area contributed by atoms with E-state index in [1.165, 1.54) is 30.3 Å². The normalized spacial score (nSPS) is 12.4. The van der Waals surface area contributed by atoms with Crippen LogP contribution in [0.15, 0.2) is 34.7 Å². The standard InChI is InChI=1S/C34H45N5O14/c1-5-7-8-9-21(24(6-2)39(18-40)53-34(50)37-19(3)4)30(45)35-17-36-32(47)26-13-12-25(52-26)20-10-11-22(27(14-20)51-16-29(43)44)31(46)38-23(33(48)49)15-28(41)42/h10-14,18-19,21,23-24H,5-9,15-17H2,1-4H3,(H,35,45)(H,36,47)(H,37,50)(H,38,46)(H,41,42)(H,43,44)(H,48,49)/t21-,23+,24-/m1/s1. The van der Waals surface area contributed by atoms with Crippen molar-refractivity contribution < 1.29 is 67.7 Å². The molecule has 19 heteroatoms. The number of aliphatic carboxylic acids is 3. The van der Waals surface area contributed by atoms with Gasteiger partial charge in [0.15, 0.2) is 12.4 Å². The molecule has 1 aromatic carbocycles. The molecule has 0 bridgehead atoms. The lowest BCUT2D eigenvalue weighted by Crippen LogP contribution is -2.50. The van der Waals surface area contributed by atoms with E-state index in [1.54, 1.807) is 20.8 Å². The van der Waals surface area contributed by atoms with Crippen molar-refractivity contribution >= 4 is 48.1 Å². The summed E-state index contributed by atoms with van der Waals surface area (Å²) in [6.07, 6.45) is 1.55. The lowest BCUT2D eigenvalue weighted by atomic mass is 9.90. The molecule has 0 radical (unpaired) electrons. The van der Waals surface area contributed by atoms with Gasteiger partial charge in [0.05, 0.1) is 30.6 Å². The molecule has 0 aliphatic heterocycles. The van der Waals surface area contributed by atoms with Crippen molar-refractivity contribution in [1.82, 2.24) is 26.3 Å². The van der Waals surface area contributed by atoms with Gasteiger partial charge < -0.3 is 50.6 Å². The molecule has 0 unspecified atom stereocenters. The number of hydrogen-bond acceptors (Lipinski definition) is 11. The smallest absolute Gasteiger partial charge is 0.431 e. The van der Waals surface area contributed by atoms with Crippen molar-refractivity contribution in [1.29, 1.82) is 0 Å². The van der Waals surface area contributed by atoms with Crippen LogP contribution in [0, 0.1) is 5.92 Å². The summed E-state index contributed by atoms with van der Waals surface area (Å²) in [6, 6.07) is 3.61. The Morgan fingerprint density at radius 1 is 0.906 bits per heavy atom. The van der Waals surface area contributed by atoms with E-state index in [2.05, 4.69) is 21.3 Å². The molecule has 290 valence electrons. The Bertz CT molecular complexity index is 1620. The fourth-order valence-electron chi connectivity index (χ4n) is 5.06. The number of furan rings is 1. The van der Waals surface area contributed by atoms with Crippen LogP contribution in [0.4, 0.5) is 4.79 Å². The zero-order chi connectivity index (χ0) is 39.7. The van der Waals surface area contributed by atoms with E-state index in [4.69, 9.17) is 24.2 Å². The van der Waals surface area contributed by atoms with Crippen LogP contribution in [-0.4, -0.2) is 99.9 Å². The van der Waals surface area contributed by atoms with Gasteiger partial charge in [-0.15, -0.1) is 0 Å². The second-order valence-electron chi connectivity index (χ2n) is 12.0. The predicted molar refractivity (Wildman–Crippen MR) is 183 cm³/mol. The molecule has 0 saturated carbocycles. The molecule has 0 fully saturated rings. The van der Waals surface area contributed by atoms with Crippen molar-refractivity contribution in [3.8, 4) is 17.1 Å². The van der Waals surface area contributed by atoms with Gasteiger partial charge >= 0.3 is 24.0 Å². The maximum absolute atomic E-state index is 13.4. The van der Waals surface area contributed by atoms with Gasteiger partial charge in [-0.2, -0.15) is 5.06 Å². The summed E-state index contributed by atoms with van der Waals surface area (Å²) < 4.78 is 10.9. The van der Waals surface area contributed by atoms with E-state index < -0.39 is 72.8 Å². The third-order valence-corrected chi connectivity index (χ3v) is 7.55. The molecule has 0 aliphatic carbocycles. The van der Waals surface area contributed by atoms with Crippen molar-refractivity contribution in [3.05, 3.63) is 41.7 Å². The summed E-state index contributed by atoms with van der Waals surface area (Å²) in [5, 5.41) is 37.9. The van der Waals surface area contributed by atoms with Crippen LogP contribution >= 0.6 is 0 Å². The van der Waals surface area contributed by atoms with E-state index >= 15 is 0 Å². The summed E-state index contributed by atoms with van der Waals surface area (Å²) in [5.74, 6) is -7.94. The molecule has 1 aromatic heterocycles. The fourth-order valence-corrected chi connectivity index (χ4v) is 5.06. The highest BCUT2D eigenvalue weighted by Crippen LogP contribution is 2.29. The summed E-state index contributed by atoms with van der Waals surface area (Å²) in [5.41, 5.74) is -0.0777. The highest BCUT2D eigenvalue weighted by atomic mass is 16.7. The number of hydroxylamine groups is 2. The fraction of sp³-hybridized carbons (Fsp3) is 0.471. The number of carboxylic acids is 3. The summed E-state index contributed by atoms with van der Waals surface area (Å²) >= 11 is 0. The van der Waals surface area contributed by atoms with Gasteiger partial charge in [0.1, 0.15) is 17.6 Å². The quantitative estimate of drug-likeness (QED) is 0.0372. The number of nitrogens with zero attached hydrogens (tertiary/aromatic N) is 1. The molecular formula is C34H45N5O14. The van der Waals surface area contributed by atoms with Crippen molar-refractivity contribution in [2.75, 3.05) is 13.3 Å². The monoisotopic (exact) mass is 747 g/mol. The van der Waals surface area contributed by atoms with Gasteiger partial charge in [0, 0.05) is 11.6 Å². The predicted octanol–water partition coefficient (Wildman–Crippen LogP) is 2.35. The largest absolute Gasteiger partial charge is 0.481 e. The number of carbonyl (C=O) groups is 8. The van der Waals surface area contributed by atoms with Gasteiger partial charge in [-0.05, 0) is 51.0 Å². The Balaban J connectivity index is 2.19. The molecule has 3 atom stereocenters. The van der Waals surface area contributed by atoms with Crippen molar-refractivity contribution in [2.45, 2.75) is 84.3 Å². The highest BCUT2D eigenvalue weighted by Gasteiger charge is 2.33. The third-order valence-electron chi connectivity index (χ3n) is 7.55. The SMILES string of the molecule is CCCCC[C@@H](C(=O)NCNC(=O)c1ccc(-c2ccc(C(=O)N[C@@H](CC(=O)O)C(=O)O)c(OCC(=O)O)c2)o1)[C@@H](CC)N(C=O)OC(=O)NC(C)C. The molecule has 19 nitrogen and oxygen atoms in total. The van der Waals surface area contributed by atoms with Gasteiger partial charge in [-0.25, -0.2) is 14.4 Å². The lowest BCUT2D eigenvalue weighted by Gasteiger charge is -2.32. The van der Waals surface area contributed by atoms with Gasteiger partial charge in [0.25, 0.3) is 11.8 Å². The van der Waals surface area contributed by atoms with Crippen LogP contribution in [-0.2, 0) is 28.8 Å². The number of unbranched alkanes of at least 4 members (excludes halogenated alkanes) is 2. The second kappa shape index (κ2) is 21.3. The van der Waals surface area contributed by atoms with Crippen LogP contribution in [0.2, 0.25) is 0 Å². The number of carboxylic acid groups (broad SMARTS) is 3. The minimum absolute atomic E-state index is 0.0813. The van der Waals surface area contributed by atoms with Gasteiger partial charge in [0.2, 0.25) is 12.3 Å². The van der Waals surface area contributed by atoms with Crippen LogP contribution < -0.4 is 26.0 Å². The number of rotatable bonds is 23. The first-order valence-electron chi connectivity index (χ1n) is 16.7. The Hall–Kier alpha value is -6.14. The van der Waals surface area contributed by atoms with E-state index in [9.17, 15) is 43.5 Å².